The van der Waals surface area contributed by atoms with Gasteiger partial charge < -0.3 is 15.3 Å². The summed E-state index contributed by atoms with van der Waals surface area (Å²) in [6, 6.07) is -0.334. The Kier molecular flexibility index (Phi) is 6.13. The lowest BCUT2D eigenvalue weighted by molar-refractivity contribution is -0.137. The van der Waals surface area contributed by atoms with E-state index in [0.29, 0.717) is 6.54 Å². The van der Waals surface area contributed by atoms with Crippen LogP contribution >= 0.6 is 11.8 Å². The topological polar surface area (TPSA) is 72.9 Å². The standard InChI is InChI=1S/C10H19N3O3S/c1-12(8-9(14)15)10(16)11-2-3-13-4-6-17-7-5-13/h2-8H2,1H3,(H,11,16)(H,14,15). The highest BCUT2D eigenvalue weighted by atomic mass is 32.2. The molecule has 0 radical (unpaired) electrons. The minimum absolute atomic E-state index is 0.272. The number of carbonyl (C=O) groups excluding carboxylic acids is 1. The first kappa shape index (κ1) is 14.1. The molecule has 0 bridgehead atoms. The van der Waals surface area contributed by atoms with Crippen LogP contribution < -0.4 is 5.32 Å². The predicted molar refractivity (Wildman–Crippen MR) is 67.4 cm³/mol. The van der Waals surface area contributed by atoms with E-state index in [9.17, 15) is 9.59 Å². The Bertz CT molecular complexity index is 270. The van der Waals surface area contributed by atoms with Crippen molar-refractivity contribution in [3.8, 4) is 0 Å². The Morgan fingerprint density at radius 3 is 2.65 bits per heavy atom. The number of urea groups is 1. The van der Waals surface area contributed by atoms with Crippen LogP contribution in [0.15, 0.2) is 0 Å². The van der Waals surface area contributed by atoms with Crippen molar-refractivity contribution in [3.63, 3.8) is 0 Å². The van der Waals surface area contributed by atoms with E-state index in [-0.39, 0.29) is 12.6 Å². The van der Waals surface area contributed by atoms with Gasteiger partial charge in [-0.15, -0.1) is 0 Å². The Hall–Kier alpha value is -0.950. The van der Waals surface area contributed by atoms with Crippen LogP contribution in [0.2, 0.25) is 0 Å². The third-order valence-electron chi connectivity index (χ3n) is 2.53. The fourth-order valence-electron chi connectivity index (χ4n) is 1.56. The number of nitrogens with zero attached hydrogens (tertiary/aromatic N) is 2. The molecule has 0 aromatic carbocycles. The molecule has 1 saturated heterocycles. The third kappa shape index (κ3) is 5.78. The van der Waals surface area contributed by atoms with Crippen molar-refractivity contribution < 1.29 is 14.7 Å². The van der Waals surface area contributed by atoms with Gasteiger partial charge in [0.25, 0.3) is 0 Å². The minimum Gasteiger partial charge on any atom is -0.480 e. The molecule has 0 aliphatic carbocycles. The smallest absolute Gasteiger partial charge is 0.323 e. The highest BCUT2D eigenvalue weighted by Gasteiger charge is 2.13. The molecule has 1 fully saturated rings. The lowest BCUT2D eigenvalue weighted by atomic mass is 10.4. The SMILES string of the molecule is CN(CC(=O)O)C(=O)NCCN1CCSCC1. The summed E-state index contributed by atoms with van der Waals surface area (Å²) in [5.41, 5.74) is 0. The summed E-state index contributed by atoms with van der Waals surface area (Å²) >= 11 is 1.95. The number of rotatable bonds is 5. The van der Waals surface area contributed by atoms with Gasteiger partial charge in [-0.1, -0.05) is 0 Å². The maximum absolute atomic E-state index is 11.4. The molecule has 0 atom stereocenters. The molecule has 6 nitrogen and oxygen atoms in total. The molecule has 1 aliphatic heterocycles. The summed E-state index contributed by atoms with van der Waals surface area (Å²) in [6.07, 6.45) is 0. The Morgan fingerprint density at radius 2 is 2.06 bits per heavy atom. The van der Waals surface area contributed by atoms with Gasteiger partial charge in [-0.3, -0.25) is 9.69 Å². The maximum Gasteiger partial charge on any atom is 0.323 e. The largest absolute Gasteiger partial charge is 0.480 e. The molecule has 0 spiro atoms. The van der Waals surface area contributed by atoms with E-state index in [4.69, 9.17) is 5.11 Å². The second-order valence-corrected chi connectivity index (χ2v) is 5.16. The van der Waals surface area contributed by atoms with Gasteiger partial charge >= 0.3 is 12.0 Å². The molecule has 2 N–H and O–H groups in total. The summed E-state index contributed by atoms with van der Waals surface area (Å²) < 4.78 is 0. The highest BCUT2D eigenvalue weighted by molar-refractivity contribution is 7.99. The van der Waals surface area contributed by atoms with Gasteiger partial charge in [0.05, 0.1) is 0 Å². The average molecular weight is 261 g/mol. The van der Waals surface area contributed by atoms with E-state index in [1.807, 2.05) is 11.8 Å². The molecule has 1 rings (SSSR count). The van der Waals surface area contributed by atoms with E-state index in [0.717, 1.165) is 36.0 Å². The lowest BCUT2D eigenvalue weighted by Gasteiger charge is -2.26. The third-order valence-corrected chi connectivity index (χ3v) is 3.47. The second-order valence-electron chi connectivity index (χ2n) is 3.94. The average Bonchev–Trinajstić information content (AvgIpc) is 2.29. The van der Waals surface area contributed by atoms with Gasteiger partial charge in [-0.05, 0) is 0 Å². The zero-order valence-corrected chi connectivity index (χ0v) is 10.8. The molecule has 1 aliphatic rings. The highest BCUT2D eigenvalue weighted by Crippen LogP contribution is 2.07. The van der Waals surface area contributed by atoms with Crippen LogP contribution in [0.4, 0.5) is 4.79 Å². The quantitative estimate of drug-likeness (QED) is 0.714. The van der Waals surface area contributed by atoms with Gasteiger partial charge in [0, 0.05) is 44.7 Å². The van der Waals surface area contributed by atoms with Crippen molar-refractivity contribution in [2.45, 2.75) is 0 Å². The number of carbonyl (C=O) groups is 2. The minimum atomic E-state index is -1.00. The van der Waals surface area contributed by atoms with Crippen LogP contribution in [0.25, 0.3) is 0 Å². The van der Waals surface area contributed by atoms with E-state index in [1.54, 1.807) is 0 Å². The monoisotopic (exact) mass is 261 g/mol. The molecule has 2 amide bonds. The van der Waals surface area contributed by atoms with Crippen molar-refractivity contribution >= 4 is 23.8 Å². The summed E-state index contributed by atoms with van der Waals surface area (Å²) in [7, 11) is 1.47. The van der Waals surface area contributed by atoms with Gasteiger partial charge in [0.2, 0.25) is 0 Å². The molecule has 7 heteroatoms. The molecule has 17 heavy (non-hydrogen) atoms. The number of hydrogen-bond acceptors (Lipinski definition) is 4. The molecular weight excluding hydrogens is 242 g/mol. The number of amides is 2. The number of thioether (sulfide) groups is 1. The molecule has 0 saturated carbocycles. The van der Waals surface area contributed by atoms with Crippen molar-refractivity contribution in [2.75, 3.05) is 51.3 Å². The van der Waals surface area contributed by atoms with Crippen LogP contribution in [-0.4, -0.2) is 78.2 Å². The molecular formula is C10H19N3O3S. The van der Waals surface area contributed by atoms with E-state index >= 15 is 0 Å². The molecule has 98 valence electrons. The maximum atomic E-state index is 11.4. The van der Waals surface area contributed by atoms with Crippen LogP contribution in [0.3, 0.4) is 0 Å². The zero-order valence-electron chi connectivity index (χ0n) is 10.0. The van der Waals surface area contributed by atoms with Crippen LogP contribution in [-0.2, 0) is 4.79 Å². The Labute approximate surface area is 105 Å². The number of nitrogens with one attached hydrogen (secondary N) is 1. The summed E-state index contributed by atoms with van der Waals surface area (Å²) in [5, 5.41) is 11.2. The Balaban J connectivity index is 2.12. The summed E-state index contributed by atoms with van der Waals surface area (Å²) in [4.78, 5) is 25.3. The van der Waals surface area contributed by atoms with Crippen molar-refractivity contribution in [1.82, 2.24) is 15.1 Å². The van der Waals surface area contributed by atoms with Crippen LogP contribution in [0, 0.1) is 0 Å². The van der Waals surface area contributed by atoms with Crippen molar-refractivity contribution in [3.05, 3.63) is 0 Å². The lowest BCUT2D eigenvalue weighted by Crippen LogP contribution is -2.44. The fourth-order valence-corrected chi connectivity index (χ4v) is 2.53. The van der Waals surface area contributed by atoms with Gasteiger partial charge in [0.15, 0.2) is 0 Å². The zero-order chi connectivity index (χ0) is 12.7. The van der Waals surface area contributed by atoms with E-state index < -0.39 is 5.97 Å². The van der Waals surface area contributed by atoms with Crippen molar-refractivity contribution in [2.24, 2.45) is 0 Å². The first-order valence-corrected chi connectivity index (χ1v) is 6.76. The fraction of sp³-hybridized carbons (Fsp3) is 0.800. The Morgan fingerprint density at radius 1 is 1.41 bits per heavy atom. The molecule has 0 unspecified atom stereocenters. The van der Waals surface area contributed by atoms with E-state index in [2.05, 4.69) is 10.2 Å². The van der Waals surface area contributed by atoms with Crippen LogP contribution in [0.5, 0.6) is 0 Å². The van der Waals surface area contributed by atoms with Gasteiger partial charge in [-0.25, -0.2) is 4.79 Å². The first-order chi connectivity index (χ1) is 8.09. The molecule has 1 heterocycles. The first-order valence-electron chi connectivity index (χ1n) is 5.60. The number of hydrogen-bond donors (Lipinski definition) is 2. The van der Waals surface area contributed by atoms with E-state index in [1.165, 1.54) is 7.05 Å². The number of carboxylic acids is 1. The van der Waals surface area contributed by atoms with Gasteiger partial charge in [-0.2, -0.15) is 11.8 Å². The normalized spacial score (nSPS) is 16.5. The van der Waals surface area contributed by atoms with Gasteiger partial charge in [0.1, 0.15) is 6.54 Å². The van der Waals surface area contributed by atoms with Crippen molar-refractivity contribution in [1.29, 1.82) is 0 Å². The number of aliphatic carboxylic acids is 1. The molecule has 0 aromatic rings. The summed E-state index contributed by atoms with van der Waals surface area (Å²) in [5.74, 6) is 1.29. The molecule has 0 aromatic heterocycles. The number of carboxylic acid groups (broad SMARTS) is 1. The number of likely N-dealkylation sites (N-methyl/N-ethyl adjacent to an activating group) is 1. The second kappa shape index (κ2) is 7.39. The van der Waals surface area contributed by atoms with Crippen LogP contribution in [0.1, 0.15) is 0 Å². The predicted octanol–water partition coefficient (Wildman–Crippen LogP) is -0.239. The summed E-state index contributed by atoms with van der Waals surface area (Å²) in [6.45, 7) is 3.24.